The van der Waals surface area contributed by atoms with Gasteiger partial charge in [-0.25, -0.2) is 8.42 Å². The third-order valence-corrected chi connectivity index (χ3v) is 6.74. The van der Waals surface area contributed by atoms with Crippen LogP contribution in [-0.2, 0) is 16.3 Å². The van der Waals surface area contributed by atoms with Gasteiger partial charge in [0.05, 0.1) is 24.9 Å². The lowest BCUT2D eigenvalue weighted by Gasteiger charge is -2.17. The number of phenols is 2. The molecule has 0 fully saturated rings. The number of rotatable bonds is 7. The lowest BCUT2D eigenvalue weighted by atomic mass is 10.0. The van der Waals surface area contributed by atoms with Crippen molar-refractivity contribution in [3.05, 3.63) is 51.5 Å². The minimum Gasteiger partial charge on any atom is -0.504 e. The Balaban J connectivity index is 2.30. The van der Waals surface area contributed by atoms with Crippen molar-refractivity contribution in [2.45, 2.75) is 25.2 Å². The summed E-state index contributed by atoms with van der Waals surface area (Å²) < 4.78 is 36.2. The summed E-state index contributed by atoms with van der Waals surface area (Å²) in [7, 11) is -0.747. The summed E-state index contributed by atoms with van der Waals surface area (Å²) in [6.45, 7) is 3.36. The highest BCUT2D eigenvalue weighted by Gasteiger charge is 2.23. The van der Waals surface area contributed by atoms with Crippen LogP contribution in [0.5, 0.6) is 23.0 Å². The summed E-state index contributed by atoms with van der Waals surface area (Å²) in [4.78, 5) is 0.242. The second-order valence-corrected chi connectivity index (χ2v) is 9.24. The molecule has 2 aromatic carbocycles. The van der Waals surface area contributed by atoms with Crippen molar-refractivity contribution in [3.63, 3.8) is 0 Å². The average Bonchev–Trinajstić information content (AvgIpc) is 2.64. The summed E-state index contributed by atoms with van der Waals surface area (Å²) >= 11 is 3.29. The summed E-state index contributed by atoms with van der Waals surface area (Å²) in [6.07, 6.45) is 1.94. The number of ether oxygens (including phenoxy) is 2. The van der Waals surface area contributed by atoms with E-state index in [1.807, 2.05) is 0 Å². The maximum atomic E-state index is 12.6. The standard InChI is InChI=1S/C20H23BrO6S/c1-12(11-28(24,25)15-8-6-14(21)7-9-15)5-10-16-13(2)17(22)19(26-3)20(27-4)18(16)23/h5-9,22-23H,10-11H2,1-4H3/b12-5+. The second kappa shape index (κ2) is 8.87. The van der Waals surface area contributed by atoms with E-state index in [2.05, 4.69) is 15.9 Å². The molecule has 0 aliphatic carbocycles. The van der Waals surface area contributed by atoms with Crippen molar-refractivity contribution in [1.82, 2.24) is 0 Å². The van der Waals surface area contributed by atoms with Gasteiger partial charge in [0.2, 0.25) is 11.5 Å². The topological polar surface area (TPSA) is 93.1 Å². The van der Waals surface area contributed by atoms with Crippen LogP contribution in [0, 0.1) is 6.92 Å². The monoisotopic (exact) mass is 470 g/mol. The SMILES string of the molecule is COc1c(O)c(C)c(C/C=C(\C)CS(=O)(=O)c2ccc(Br)cc2)c(O)c1OC. The molecule has 0 amide bonds. The first-order valence-electron chi connectivity index (χ1n) is 8.41. The first-order chi connectivity index (χ1) is 13.1. The highest BCUT2D eigenvalue weighted by Crippen LogP contribution is 2.48. The normalized spacial score (nSPS) is 12.1. The molecule has 2 N–H and O–H groups in total. The molecule has 0 bridgehead atoms. The molecule has 0 radical (unpaired) electrons. The van der Waals surface area contributed by atoms with E-state index in [1.165, 1.54) is 14.2 Å². The maximum absolute atomic E-state index is 12.6. The first kappa shape index (κ1) is 22.1. The van der Waals surface area contributed by atoms with Crippen LogP contribution in [0.4, 0.5) is 0 Å². The van der Waals surface area contributed by atoms with E-state index in [4.69, 9.17) is 9.47 Å². The number of benzene rings is 2. The zero-order chi connectivity index (χ0) is 21.1. The molecule has 0 aromatic heterocycles. The van der Waals surface area contributed by atoms with Gasteiger partial charge in [-0.05, 0) is 44.5 Å². The minimum atomic E-state index is -3.48. The Morgan fingerprint density at radius 3 is 2.14 bits per heavy atom. The van der Waals surface area contributed by atoms with Gasteiger partial charge < -0.3 is 19.7 Å². The Hall–Kier alpha value is -2.19. The number of hydrogen-bond donors (Lipinski definition) is 2. The van der Waals surface area contributed by atoms with Gasteiger partial charge in [-0.15, -0.1) is 0 Å². The molecule has 0 spiro atoms. The predicted molar refractivity (Wildman–Crippen MR) is 111 cm³/mol. The Kier molecular flexibility index (Phi) is 7.01. The van der Waals surface area contributed by atoms with Crippen LogP contribution in [-0.4, -0.2) is 38.6 Å². The van der Waals surface area contributed by atoms with Gasteiger partial charge in [0.15, 0.2) is 21.3 Å². The molecule has 0 saturated heterocycles. The van der Waals surface area contributed by atoms with E-state index in [-0.39, 0.29) is 40.1 Å². The zero-order valence-corrected chi connectivity index (χ0v) is 18.5. The van der Waals surface area contributed by atoms with Crippen LogP contribution < -0.4 is 9.47 Å². The second-order valence-electron chi connectivity index (χ2n) is 6.33. The quantitative estimate of drug-likeness (QED) is 0.466. The third kappa shape index (κ3) is 4.62. The van der Waals surface area contributed by atoms with Crippen molar-refractivity contribution in [2.75, 3.05) is 20.0 Å². The summed E-state index contributed by atoms with van der Waals surface area (Å²) in [5, 5.41) is 20.8. The largest absolute Gasteiger partial charge is 0.504 e. The summed E-state index contributed by atoms with van der Waals surface area (Å²) in [5.41, 5.74) is 1.50. The summed E-state index contributed by atoms with van der Waals surface area (Å²) in [6, 6.07) is 6.46. The fraction of sp³-hybridized carbons (Fsp3) is 0.300. The van der Waals surface area contributed by atoms with Crippen molar-refractivity contribution in [2.24, 2.45) is 0 Å². The number of halogens is 1. The van der Waals surface area contributed by atoms with E-state index in [9.17, 15) is 18.6 Å². The summed E-state index contributed by atoms with van der Waals surface area (Å²) in [5.74, 6) is -0.322. The van der Waals surface area contributed by atoms with Gasteiger partial charge in [-0.1, -0.05) is 27.6 Å². The lowest BCUT2D eigenvalue weighted by molar-refractivity contribution is 0.314. The van der Waals surface area contributed by atoms with Crippen molar-refractivity contribution < 1.29 is 28.1 Å². The number of hydrogen-bond acceptors (Lipinski definition) is 6. The van der Waals surface area contributed by atoms with Crippen molar-refractivity contribution in [1.29, 1.82) is 0 Å². The van der Waals surface area contributed by atoms with Crippen LogP contribution >= 0.6 is 15.9 Å². The van der Waals surface area contributed by atoms with E-state index in [0.29, 0.717) is 16.7 Å². The van der Waals surface area contributed by atoms with Gasteiger partial charge in [-0.3, -0.25) is 0 Å². The van der Waals surface area contributed by atoms with E-state index in [0.717, 1.165) is 4.47 Å². The highest BCUT2D eigenvalue weighted by atomic mass is 79.9. The van der Waals surface area contributed by atoms with E-state index in [1.54, 1.807) is 44.2 Å². The fourth-order valence-corrected chi connectivity index (χ4v) is 4.53. The molecule has 0 aliphatic rings. The number of aromatic hydroxyl groups is 2. The minimum absolute atomic E-state index is 0.0362. The molecule has 0 heterocycles. The van der Waals surface area contributed by atoms with Crippen molar-refractivity contribution >= 4 is 25.8 Å². The number of allylic oxidation sites excluding steroid dienone is 1. The van der Waals surface area contributed by atoms with Gasteiger partial charge in [0, 0.05) is 15.6 Å². The highest BCUT2D eigenvalue weighted by molar-refractivity contribution is 9.10. The van der Waals surface area contributed by atoms with Gasteiger partial charge >= 0.3 is 0 Å². The molecule has 2 rings (SSSR count). The molecular weight excluding hydrogens is 448 g/mol. The molecule has 8 heteroatoms. The van der Waals surface area contributed by atoms with Gasteiger partial charge in [-0.2, -0.15) is 0 Å². The molecule has 2 aromatic rings. The number of phenolic OH excluding ortho intramolecular Hbond substituents is 2. The van der Waals surface area contributed by atoms with Crippen LogP contribution in [0.1, 0.15) is 18.1 Å². The van der Waals surface area contributed by atoms with Gasteiger partial charge in [0.25, 0.3) is 0 Å². The molecule has 152 valence electrons. The maximum Gasteiger partial charge on any atom is 0.207 e. The Bertz CT molecular complexity index is 995. The average molecular weight is 471 g/mol. The number of methoxy groups -OCH3 is 2. The zero-order valence-electron chi connectivity index (χ0n) is 16.1. The Morgan fingerprint density at radius 1 is 1.07 bits per heavy atom. The third-order valence-electron chi connectivity index (χ3n) is 4.38. The Morgan fingerprint density at radius 2 is 1.61 bits per heavy atom. The van der Waals surface area contributed by atoms with Crippen LogP contribution in [0.15, 0.2) is 45.3 Å². The molecule has 6 nitrogen and oxygen atoms in total. The van der Waals surface area contributed by atoms with E-state index < -0.39 is 9.84 Å². The molecule has 28 heavy (non-hydrogen) atoms. The van der Waals surface area contributed by atoms with Crippen LogP contribution in [0.3, 0.4) is 0 Å². The first-order valence-corrected chi connectivity index (χ1v) is 10.9. The molecule has 0 unspecified atom stereocenters. The fourth-order valence-electron chi connectivity index (χ4n) is 2.83. The Labute approximate surface area is 173 Å². The lowest BCUT2D eigenvalue weighted by Crippen LogP contribution is -2.08. The van der Waals surface area contributed by atoms with E-state index >= 15 is 0 Å². The smallest absolute Gasteiger partial charge is 0.207 e. The van der Waals surface area contributed by atoms with Crippen LogP contribution in [0.2, 0.25) is 0 Å². The molecule has 0 aliphatic heterocycles. The van der Waals surface area contributed by atoms with Crippen LogP contribution in [0.25, 0.3) is 0 Å². The van der Waals surface area contributed by atoms with Crippen molar-refractivity contribution in [3.8, 4) is 23.0 Å². The molecule has 0 saturated carbocycles. The molecule has 0 atom stereocenters. The molecular formula is C20H23BrO6S. The predicted octanol–water partition coefficient (Wildman–Crippen LogP) is 4.15. The van der Waals surface area contributed by atoms with Gasteiger partial charge in [0.1, 0.15) is 0 Å². The number of sulfone groups is 1.